The van der Waals surface area contributed by atoms with Crippen molar-refractivity contribution in [3.8, 4) is 0 Å². The van der Waals surface area contributed by atoms with Gasteiger partial charge in [0.2, 0.25) is 5.91 Å². The van der Waals surface area contributed by atoms with Crippen LogP contribution in [0.4, 0.5) is 0 Å². The zero-order chi connectivity index (χ0) is 13.0. The molecule has 2 rings (SSSR count). The lowest BCUT2D eigenvalue weighted by atomic mass is 9.81. The predicted octanol–water partition coefficient (Wildman–Crippen LogP) is 1.99. The Kier molecular flexibility index (Phi) is 4.37. The average molecular weight is 246 g/mol. The minimum atomic E-state index is 0.205. The first kappa shape index (κ1) is 13.1. The van der Waals surface area contributed by atoms with Crippen LogP contribution in [-0.4, -0.2) is 30.4 Å². The summed E-state index contributed by atoms with van der Waals surface area (Å²) in [5.41, 5.74) is 6.84. The third kappa shape index (κ3) is 2.91. The molecule has 1 saturated heterocycles. The Bertz CT molecular complexity index is 391. The van der Waals surface area contributed by atoms with E-state index in [1.165, 1.54) is 5.56 Å². The van der Waals surface area contributed by atoms with Crippen LogP contribution in [0.2, 0.25) is 0 Å². The van der Waals surface area contributed by atoms with Gasteiger partial charge >= 0.3 is 0 Å². The van der Waals surface area contributed by atoms with E-state index in [1.807, 2.05) is 11.0 Å². The fourth-order valence-electron chi connectivity index (χ4n) is 2.85. The van der Waals surface area contributed by atoms with Crippen molar-refractivity contribution in [3.05, 3.63) is 35.9 Å². The lowest BCUT2D eigenvalue weighted by molar-refractivity contribution is -0.132. The van der Waals surface area contributed by atoms with Gasteiger partial charge < -0.3 is 10.6 Å². The smallest absolute Gasteiger partial charge is 0.223 e. The normalized spacial score (nSPS) is 24.0. The standard InChI is InChI=1S/C15H22N2O/c1-12-11-17(15(18)7-9-16)10-8-14(12)13-5-3-2-4-6-13/h2-6,12,14H,7-11,16H2,1H3. The molecule has 0 bridgehead atoms. The minimum Gasteiger partial charge on any atom is -0.342 e. The summed E-state index contributed by atoms with van der Waals surface area (Å²) in [5.74, 6) is 1.30. The lowest BCUT2D eigenvalue weighted by Gasteiger charge is -2.37. The molecule has 3 nitrogen and oxygen atoms in total. The van der Waals surface area contributed by atoms with Gasteiger partial charge in [-0.1, -0.05) is 37.3 Å². The number of benzene rings is 1. The van der Waals surface area contributed by atoms with Crippen molar-refractivity contribution in [2.45, 2.75) is 25.7 Å². The molecule has 2 unspecified atom stereocenters. The maximum Gasteiger partial charge on any atom is 0.223 e. The number of nitrogens with zero attached hydrogens (tertiary/aromatic N) is 1. The Labute approximate surface area is 109 Å². The van der Waals surface area contributed by atoms with E-state index in [1.54, 1.807) is 0 Å². The van der Waals surface area contributed by atoms with Crippen molar-refractivity contribution in [1.82, 2.24) is 4.90 Å². The van der Waals surface area contributed by atoms with Gasteiger partial charge in [0.15, 0.2) is 0 Å². The first-order chi connectivity index (χ1) is 8.72. The van der Waals surface area contributed by atoms with Crippen molar-refractivity contribution in [2.75, 3.05) is 19.6 Å². The molecule has 1 aliphatic heterocycles. The lowest BCUT2D eigenvalue weighted by Crippen LogP contribution is -2.42. The highest BCUT2D eigenvalue weighted by molar-refractivity contribution is 5.76. The fourth-order valence-corrected chi connectivity index (χ4v) is 2.85. The molecule has 1 fully saturated rings. The summed E-state index contributed by atoms with van der Waals surface area (Å²) in [6, 6.07) is 10.6. The first-order valence-corrected chi connectivity index (χ1v) is 6.75. The Morgan fingerprint density at radius 1 is 1.39 bits per heavy atom. The van der Waals surface area contributed by atoms with E-state index >= 15 is 0 Å². The van der Waals surface area contributed by atoms with Crippen molar-refractivity contribution < 1.29 is 4.79 Å². The largest absolute Gasteiger partial charge is 0.342 e. The molecule has 2 N–H and O–H groups in total. The second kappa shape index (κ2) is 6.01. The number of carbonyl (C=O) groups is 1. The molecule has 1 aromatic carbocycles. The maximum atomic E-state index is 11.8. The highest BCUT2D eigenvalue weighted by atomic mass is 16.2. The van der Waals surface area contributed by atoms with Crippen LogP contribution in [0.3, 0.4) is 0 Å². The molecule has 3 heteroatoms. The number of carbonyl (C=O) groups excluding carboxylic acids is 1. The maximum absolute atomic E-state index is 11.8. The highest BCUT2D eigenvalue weighted by Gasteiger charge is 2.28. The first-order valence-electron chi connectivity index (χ1n) is 6.75. The number of likely N-dealkylation sites (tertiary alicyclic amines) is 1. The van der Waals surface area contributed by atoms with Crippen molar-refractivity contribution in [1.29, 1.82) is 0 Å². The molecule has 98 valence electrons. The zero-order valence-electron chi connectivity index (χ0n) is 11.0. The van der Waals surface area contributed by atoms with Crippen molar-refractivity contribution in [2.24, 2.45) is 11.7 Å². The van der Waals surface area contributed by atoms with Gasteiger partial charge in [0.25, 0.3) is 0 Å². The molecule has 0 saturated carbocycles. The fraction of sp³-hybridized carbons (Fsp3) is 0.533. The van der Waals surface area contributed by atoms with Crippen molar-refractivity contribution in [3.63, 3.8) is 0 Å². The quantitative estimate of drug-likeness (QED) is 0.886. The molecule has 0 aliphatic carbocycles. The van der Waals surface area contributed by atoms with Crippen LogP contribution >= 0.6 is 0 Å². The van der Waals surface area contributed by atoms with Gasteiger partial charge in [-0.05, 0) is 23.8 Å². The Morgan fingerprint density at radius 2 is 2.11 bits per heavy atom. The Balaban J connectivity index is 1.99. The van der Waals surface area contributed by atoms with Gasteiger partial charge in [-0.15, -0.1) is 0 Å². The molecule has 0 radical (unpaired) electrons. The summed E-state index contributed by atoms with van der Waals surface area (Å²) in [5, 5.41) is 0. The topological polar surface area (TPSA) is 46.3 Å². The number of hydrogen-bond acceptors (Lipinski definition) is 2. The molecule has 0 aromatic heterocycles. The summed E-state index contributed by atoms with van der Waals surface area (Å²) < 4.78 is 0. The predicted molar refractivity (Wildman–Crippen MR) is 73.2 cm³/mol. The van der Waals surface area contributed by atoms with Crippen LogP contribution in [0.1, 0.15) is 31.2 Å². The van der Waals surface area contributed by atoms with Crippen LogP contribution in [0.15, 0.2) is 30.3 Å². The van der Waals surface area contributed by atoms with Gasteiger partial charge in [0.05, 0.1) is 0 Å². The summed E-state index contributed by atoms with van der Waals surface area (Å²) in [6.07, 6.45) is 1.53. The number of hydrogen-bond donors (Lipinski definition) is 1. The number of amides is 1. The highest BCUT2D eigenvalue weighted by Crippen LogP contribution is 2.32. The molecule has 2 atom stereocenters. The number of nitrogens with two attached hydrogens (primary N) is 1. The summed E-state index contributed by atoms with van der Waals surface area (Å²) >= 11 is 0. The van der Waals surface area contributed by atoms with Crippen LogP contribution in [0, 0.1) is 5.92 Å². The third-order valence-electron chi connectivity index (χ3n) is 3.84. The minimum absolute atomic E-state index is 0.205. The summed E-state index contributed by atoms with van der Waals surface area (Å²) in [6.45, 7) is 4.41. The van der Waals surface area contributed by atoms with Crippen LogP contribution in [0.5, 0.6) is 0 Å². The van der Waals surface area contributed by atoms with Crippen LogP contribution < -0.4 is 5.73 Å². The summed E-state index contributed by atoms with van der Waals surface area (Å²) in [4.78, 5) is 13.8. The van der Waals surface area contributed by atoms with E-state index in [0.717, 1.165) is 19.5 Å². The molecule has 18 heavy (non-hydrogen) atoms. The monoisotopic (exact) mass is 246 g/mol. The van der Waals surface area contributed by atoms with E-state index in [4.69, 9.17) is 5.73 Å². The van der Waals surface area contributed by atoms with Gasteiger partial charge in [0, 0.05) is 26.1 Å². The zero-order valence-corrected chi connectivity index (χ0v) is 11.0. The van der Waals surface area contributed by atoms with E-state index in [0.29, 0.717) is 24.8 Å². The second-order valence-electron chi connectivity index (χ2n) is 5.16. The van der Waals surface area contributed by atoms with Gasteiger partial charge in [-0.25, -0.2) is 0 Å². The van der Waals surface area contributed by atoms with Crippen molar-refractivity contribution >= 4 is 5.91 Å². The Hall–Kier alpha value is -1.35. The van der Waals surface area contributed by atoms with Crippen LogP contribution in [0.25, 0.3) is 0 Å². The molecule has 0 spiro atoms. The Morgan fingerprint density at radius 3 is 2.72 bits per heavy atom. The molecular weight excluding hydrogens is 224 g/mol. The molecule has 1 aromatic rings. The van der Waals surface area contributed by atoms with E-state index in [9.17, 15) is 4.79 Å². The molecule has 1 amide bonds. The average Bonchev–Trinajstić information content (AvgIpc) is 2.40. The number of rotatable bonds is 3. The van der Waals surface area contributed by atoms with Gasteiger partial charge in [-0.2, -0.15) is 0 Å². The van der Waals surface area contributed by atoms with Gasteiger partial charge in [-0.3, -0.25) is 4.79 Å². The van der Waals surface area contributed by atoms with Gasteiger partial charge in [0.1, 0.15) is 0 Å². The van der Waals surface area contributed by atoms with Crippen LogP contribution in [-0.2, 0) is 4.79 Å². The van der Waals surface area contributed by atoms with E-state index in [-0.39, 0.29) is 5.91 Å². The van der Waals surface area contributed by atoms with E-state index in [2.05, 4.69) is 31.2 Å². The molecule has 1 aliphatic rings. The number of piperidine rings is 1. The molecule has 1 heterocycles. The third-order valence-corrected chi connectivity index (χ3v) is 3.84. The SMILES string of the molecule is CC1CN(C(=O)CCN)CCC1c1ccccc1. The van der Waals surface area contributed by atoms with E-state index < -0.39 is 0 Å². The summed E-state index contributed by atoms with van der Waals surface area (Å²) in [7, 11) is 0. The molecular formula is C15H22N2O. The second-order valence-corrected chi connectivity index (χ2v) is 5.16.